The predicted octanol–water partition coefficient (Wildman–Crippen LogP) is 3.25. The number of aryl methyl sites for hydroxylation is 1. The third-order valence-corrected chi connectivity index (χ3v) is 5.93. The molecule has 4 rings (SSSR count). The molecule has 0 saturated carbocycles. The highest BCUT2D eigenvalue weighted by atomic mass is 16.4. The Balaban J connectivity index is 1.60. The number of carbonyl (C=O) groups is 1. The lowest BCUT2D eigenvalue weighted by Crippen LogP contribution is -2.24. The van der Waals surface area contributed by atoms with E-state index in [1.165, 1.54) is 11.1 Å². The smallest absolute Gasteiger partial charge is 0.303 e. The van der Waals surface area contributed by atoms with Crippen LogP contribution in [0.15, 0.2) is 64.6 Å². The van der Waals surface area contributed by atoms with Crippen LogP contribution in [0, 0.1) is 5.92 Å². The molecular formula is C24H26N4O2. The molecule has 0 radical (unpaired) electrons. The average molecular weight is 402 g/mol. The monoisotopic (exact) mass is 402 g/mol. The number of fused-ring (bicyclic) bond motifs is 1. The maximum atomic E-state index is 11.1. The summed E-state index contributed by atoms with van der Waals surface area (Å²) in [5.74, 6) is -0.478. The second-order valence-electron chi connectivity index (χ2n) is 8.13. The van der Waals surface area contributed by atoms with Gasteiger partial charge in [-0.1, -0.05) is 36.4 Å². The lowest BCUT2D eigenvalue weighted by Gasteiger charge is -2.29. The number of aliphatic carboxylic acids is 1. The van der Waals surface area contributed by atoms with Gasteiger partial charge in [-0.05, 0) is 65.6 Å². The number of guanidine groups is 1. The van der Waals surface area contributed by atoms with Crippen molar-refractivity contribution >= 4 is 23.8 Å². The van der Waals surface area contributed by atoms with Crippen LogP contribution in [0.2, 0.25) is 0 Å². The molecule has 2 aromatic carbocycles. The second kappa shape index (κ2) is 8.14. The minimum absolute atomic E-state index is 0.0396. The summed E-state index contributed by atoms with van der Waals surface area (Å²) in [4.78, 5) is 20.0. The number of nitrogens with two attached hydrogens (primary N) is 2. The summed E-state index contributed by atoms with van der Waals surface area (Å²) in [7, 11) is 0. The number of hydrogen-bond donors (Lipinski definition) is 3. The van der Waals surface area contributed by atoms with E-state index in [0.29, 0.717) is 0 Å². The van der Waals surface area contributed by atoms with Crippen LogP contribution in [0.1, 0.15) is 35.1 Å². The van der Waals surface area contributed by atoms with E-state index in [1.54, 1.807) is 0 Å². The molecule has 2 atom stereocenters. The van der Waals surface area contributed by atoms with Gasteiger partial charge in [0.1, 0.15) is 5.54 Å². The van der Waals surface area contributed by atoms with Crippen molar-refractivity contribution in [2.24, 2.45) is 27.4 Å². The van der Waals surface area contributed by atoms with Crippen molar-refractivity contribution in [2.45, 2.75) is 37.6 Å². The Morgan fingerprint density at radius 3 is 2.63 bits per heavy atom. The first-order valence-electron chi connectivity index (χ1n) is 10.2. The number of aliphatic imine (C=N–C) groups is 2. The largest absolute Gasteiger partial charge is 0.481 e. The van der Waals surface area contributed by atoms with E-state index < -0.39 is 11.5 Å². The lowest BCUT2D eigenvalue weighted by atomic mass is 9.78. The first-order chi connectivity index (χ1) is 14.4. The van der Waals surface area contributed by atoms with Gasteiger partial charge in [0.15, 0.2) is 5.96 Å². The number of carboxylic acid groups (broad SMARTS) is 1. The van der Waals surface area contributed by atoms with E-state index >= 15 is 0 Å². The highest BCUT2D eigenvalue weighted by Gasteiger charge is 2.32. The SMILES string of the molecule is NC(N)=Nc1ccc(CC2(c3ccc4c(c3)CC(CC(=O)O)CC4)C=CC=N2)cc1. The van der Waals surface area contributed by atoms with E-state index in [2.05, 4.69) is 29.3 Å². The van der Waals surface area contributed by atoms with Crippen molar-refractivity contribution < 1.29 is 9.90 Å². The van der Waals surface area contributed by atoms with Gasteiger partial charge in [0.2, 0.25) is 0 Å². The Bertz CT molecular complexity index is 1020. The van der Waals surface area contributed by atoms with Crippen LogP contribution in [0.4, 0.5) is 5.69 Å². The summed E-state index contributed by atoms with van der Waals surface area (Å²) < 4.78 is 0. The van der Waals surface area contributed by atoms with Crippen LogP contribution in [0.3, 0.4) is 0 Å². The molecule has 1 heterocycles. The zero-order chi connectivity index (χ0) is 21.1. The van der Waals surface area contributed by atoms with Crippen LogP contribution in [-0.4, -0.2) is 23.2 Å². The molecule has 0 saturated heterocycles. The van der Waals surface area contributed by atoms with Crippen LogP contribution in [0.5, 0.6) is 0 Å². The molecule has 0 fully saturated rings. The zero-order valence-corrected chi connectivity index (χ0v) is 16.8. The molecule has 2 aliphatic rings. The lowest BCUT2D eigenvalue weighted by molar-refractivity contribution is -0.138. The number of allylic oxidation sites excluding steroid dienone is 1. The molecule has 0 spiro atoms. The number of hydrogen-bond acceptors (Lipinski definition) is 3. The molecule has 1 aliphatic carbocycles. The Hall–Kier alpha value is -3.41. The molecule has 5 N–H and O–H groups in total. The molecule has 6 nitrogen and oxygen atoms in total. The quantitative estimate of drug-likeness (QED) is 0.508. The summed E-state index contributed by atoms with van der Waals surface area (Å²) in [6.07, 6.45) is 9.60. The van der Waals surface area contributed by atoms with Gasteiger partial charge in [-0.15, -0.1) is 0 Å². The predicted molar refractivity (Wildman–Crippen MR) is 119 cm³/mol. The van der Waals surface area contributed by atoms with Gasteiger partial charge in [0.05, 0.1) is 5.69 Å². The van der Waals surface area contributed by atoms with Crippen molar-refractivity contribution in [3.8, 4) is 0 Å². The summed E-state index contributed by atoms with van der Waals surface area (Å²) in [6.45, 7) is 0. The molecule has 30 heavy (non-hydrogen) atoms. The highest BCUT2D eigenvalue weighted by Crippen LogP contribution is 2.37. The molecule has 0 bridgehead atoms. The van der Waals surface area contributed by atoms with E-state index in [0.717, 1.165) is 42.5 Å². The fourth-order valence-electron chi connectivity index (χ4n) is 4.47. The summed E-state index contributed by atoms with van der Waals surface area (Å²) in [6, 6.07) is 14.4. The standard InChI is InChI=1S/C24H26N4O2/c25-23(26)28-21-8-3-16(4-9-21)15-24(10-1-11-27-24)20-7-6-18-5-2-17(13-22(29)30)12-19(18)14-20/h1,3-4,6-11,14,17H,2,5,12-13,15H2,(H,29,30)(H4,25,26,28). The van der Waals surface area contributed by atoms with E-state index in [9.17, 15) is 4.79 Å². The zero-order valence-electron chi connectivity index (χ0n) is 16.8. The van der Waals surface area contributed by atoms with Gasteiger partial charge in [0, 0.05) is 19.1 Å². The van der Waals surface area contributed by atoms with Crippen molar-refractivity contribution in [3.63, 3.8) is 0 Å². The Labute approximate surface area is 176 Å². The van der Waals surface area contributed by atoms with Gasteiger partial charge >= 0.3 is 5.97 Å². The fourth-order valence-corrected chi connectivity index (χ4v) is 4.47. The molecular weight excluding hydrogens is 376 g/mol. The number of rotatable bonds is 6. The van der Waals surface area contributed by atoms with Crippen molar-refractivity contribution in [2.75, 3.05) is 0 Å². The molecule has 0 aromatic heterocycles. The third kappa shape index (κ3) is 4.27. The maximum absolute atomic E-state index is 11.1. The topological polar surface area (TPSA) is 114 Å². The molecule has 2 aromatic rings. The molecule has 154 valence electrons. The van der Waals surface area contributed by atoms with Crippen molar-refractivity contribution in [3.05, 3.63) is 76.9 Å². The van der Waals surface area contributed by atoms with Crippen LogP contribution < -0.4 is 11.5 Å². The van der Waals surface area contributed by atoms with E-state index in [-0.39, 0.29) is 18.3 Å². The minimum Gasteiger partial charge on any atom is -0.481 e. The molecule has 6 heteroatoms. The van der Waals surface area contributed by atoms with Crippen LogP contribution in [-0.2, 0) is 29.6 Å². The Morgan fingerprint density at radius 1 is 1.17 bits per heavy atom. The summed E-state index contributed by atoms with van der Waals surface area (Å²) in [5, 5.41) is 9.16. The summed E-state index contributed by atoms with van der Waals surface area (Å²) >= 11 is 0. The molecule has 0 amide bonds. The number of nitrogens with zero attached hydrogens (tertiary/aromatic N) is 2. The van der Waals surface area contributed by atoms with Crippen LogP contribution >= 0.6 is 0 Å². The fraction of sp³-hybridized carbons (Fsp3) is 0.292. The third-order valence-electron chi connectivity index (χ3n) is 5.93. The normalized spacial score (nSPS) is 21.9. The molecule has 2 unspecified atom stereocenters. The summed E-state index contributed by atoms with van der Waals surface area (Å²) in [5.41, 5.74) is 16.0. The number of carboxylic acids is 1. The second-order valence-corrected chi connectivity index (χ2v) is 8.13. The van der Waals surface area contributed by atoms with E-state index in [1.807, 2.05) is 36.6 Å². The first kappa shape index (κ1) is 19.9. The van der Waals surface area contributed by atoms with Crippen LogP contribution in [0.25, 0.3) is 0 Å². The Morgan fingerprint density at radius 2 is 1.97 bits per heavy atom. The van der Waals surface area contributed by atoms with Gasteiger partial charge in [-0.2, -0.15) is 0 Å². The number of benzene rings is 2. The molecule has 1 aliphatic heterocycles. The van der Waals surface area contributed by atoms with Gasteiger partial charge in [-0.25, -0.2) is 4.99 Å². The Kier molecular flexibility index (Phi) is 5.40. The average Bonchev–Trinajstić information content (AvgIpc) is 3.18. The highest BCUT2D eigenvalue weighted by molar-refractivity contribution is 5.79. The minimum atomic E-state index is -0.719. The van der Waals surface area contributed by atoms with Gasteiger partial charge < -0.3 is 16.6 Å². The van der Waals surface area contributed by atoms with Gasteiger partial charge in [0.25, 0.3) is 0 Å². The van der Waals surface area contributed by atoms with Crippen molar-refractivity contribution in [1.82, 2.24) is 0 Å². The van der Waals surface area contributed by atoms with E-state index in [4.69, 9.17) is 21.6 Å². The first-order valence-corrected chi connectivity index (χ1v) is 10.2. The van der Waals surface area contributed by atoms with Gasteiger partial charge in [-0.3, -0.25) is 9.79 Å². The van der Waals surface area contributed by atoms with Crippen molar-refractivity contribution in [1.29, 1.82) is 0 Å². The maximum Gasteiger partial charge on any atom is 0.303 e.